The summed E-state index contributed by atoms with van der Waals surface area (Å²) >= 11 is 0. The van der Waals surface area contributed by atoms with Gasteiger partial charge in [-0.05, 0) is 60.9 Å². The summed E-state index contributed by atoms with van der Waals surface area (Å²) < 4.78 is 5.59. The molecule has 5 rings (SSSR count). The van der Waals surface area contributed by atoms with Gasteiger partial charge in [-0.25, -0.2) is 0 Å². The zero-order valence-corrected chi connectivity index (χ0v) is 23.6. The second-order valence-corrected chi connectivity index (χ2v) is 11.1. The molecule has 214 valence electrons. The number of rotatable bonds is 10. The zero-order valence-electron chi connectivity index (χ0n) is 23.6. The smallest absolute Gasteiger partial charge is 0.303 e. The fourth-order valence-electron chi connectivity index (χ4n) is 5.94. The molecule has 3 aromatic carbocycles. The first kappa shape index (κ1) is 29.8. The van der Waals surface area contributed by atoms with Crippen LogP contribution in [0.3, 0.4) is 0 Å². The maximum absolute atomic E-state index is 11.7. The Balaban J connectivity index is 0.000000236. The van der Waals surface area contributed by atoms with Gasteiger partial charge in [0.1, 0.15) is 11.4 Å². The van der Waals surface area contributed by atoms with Crippen LogP contribution < -0.4 is 10.1 Å². The minimum absolute atomic E-state index is 0.0832. The molecule has 0 spiro atoms. The van der Waals surface area contributed by atoms with E-state index in [0.29, 0.717) is 18.8 Å². The first-order valence-electron chi connectivity index (χ1n) is 15.1. The van der Waals surface area contributed by atoms with Crippen molar-refractivity contribution < 1.29 is 19.7 Å². The number of nitrogens with one attached hydrogen (secondary N) is 1. The average Bonchev–Trinajstić information content (AvgIpc) is 3.01. The topological polar surface area (TPSA) is 78.8 Å². The number of hydrogen-bond donors (Lipinski definition) is 3. The molecule has 0 heterocycles. The van der Waals surface area contributed by atoms with E-state index in [1.54, 1.807) is 12.1 Å². The van der Waals surface area contributed by atoms with Crippen LogP contribution >= 0.6 is 0 Å². The van der Waals surface area contributed by atoms with E-state index in [1.807, 2.05) is 72.8 Å². The molecule has 0 atom stereocenters. The lowest BCUT2D eigenvalue weighted by molar-refractivity contribution is -0.137. The van der Waals surface area contributed by atoms with Gasteiger partial charge in [0.25, 0.3) is 0 Å². The van der Waals surface area contributed by atoms with Gasteiger partial charge in [-0.1, -0.05) is 111 Å². The standard InChI is InChI=1S/C23H22O4.C12H23N/c24-22(25)12-7-17-27-21-15-13-20(14-16-21)23(26,18-8-3-1-4-9-18)19-10-5-2-6-11-19;1-3-7-11(8-4-1)13-12-9-5-2-6-10-12/h1-6,8-11,13-16,26H,7,12,17H2,(H,24,25);11-13H,1-10H2. The van der Waals surface area contributed by atoms with Gasteiger partial charge in [-0.3, -0.25) is 4.79 Å². The van der Waals surface area contributed by atoms with Crippen molar-refractivity contribution in [1.29, 1.82) is 0 Å². The van der Waals surface area contributed by atoms with Crippen molar-refractivity contribution >= 4 is 5.97 Å². The molecule has 2 aliphatic carbocycles. The second-order valence-electron chi connectivity index (χ2n) is 11.1. The third-order valence-electron chi connectivity index (χ3n) is 8.14. The zero-order chi connectivity index (χ0) is 28.0. The highest BCUT2D eigenvalue weighted by Gasteiger charge is 2.33. The number of carboxylic acids is 1. The van der Waals surface area contributed by atoms with Crippen LogP contribution in [0.5, 0.6) is 5.75 Å². The lowest BCUT2D eigenvalue weighted by atomic mass is 9.80. The number of aliphatic carboxylic acids is 1. The number of carboxylic acid groups (broad SMARTS) is 1. The Morgan fingerprint density at radius 2 is 1.15 bits per heavy atom. The van der Waals surface area contributed by atoms with Crippen molar-refractivity contribution in [3.63, 3.8) is 0 Å². The largest absolute Gasteiger partial charge is 0.494 e. The molecule has 0 radical (unpaired) electrons. The molecule has 2 fully saturated rings. The lowest BCUT2D eigenvalue weighted by Crippen LogP contribution is -2.40. The van der Waals surface area contributed by atoms with Gasteiger partial charge in [0.2, 0.25) is 0 Å². The van der Waals surface area contributed by atoms with E-state index in [-0.39, 0.29) is 6.42 Å². The van der Waals surface area contributed by atoms with Crippen molar-refractivity contribution in [3.05, 3.63) is 102 Å². The first-order chi connectivity index (χ1) is 19.6. The molecule has 40 heavy (non-hydrogen) atoms. The molecule has 3 N–H and O–H groups in total. The van der Waals surface area contributed by atoms with Gasteiger partial charge in [0.05, 0.1) is 6.61 Å². The molecule has 0 saturated heterocycles. The van der Waals surface area contributed by atoms with Crippen LogP contribution in [0.15, 0.2) is 84.9 Å². The molecular formula is C35H45NO4. The highest BCUT2D eigenvalue weighted by Crippen LogP contribution is 2.37. The Bertz CT molecular complexity index is 1070. The molecule has 0 bridgehead atoms. The van der Waals surface area contributed by atoms with E-state index in [2.05, 4.69) is 5.32 Å². The summed E-state index contributed by atoms with van der Waals surface area (Å²) in [6.07, 6.45) is 15.1. The molecule has 0 aliphatic heterocycles. The van der Waals surface area contributed by atoms with E-state index in [1.165, 1.54) is 64.2 Å². The Labute approximate surface area is 239 Å². The van der Waals surface area contributed by atoms with Crippen LogP contribution in [-0.4, -0.2) is 34.9 Å². The summed E-state index contributed by atoms with van der Waals surface area (Å²) in [6.45, 7) is 0.341. The highest BCUT2D eigenvalue weighted by molar-refractivity contribution is 5.66. The summed E-state index contributed by atoms with van der Waals surface area (Å²) in [5.41, 5.74) is 1.03. The predicted octanol–water partition coefficient (Wildman–Crippen LogP) is 7.46. The van der Waals surface area contributed by atoms with Gasteiger partial charge in [0, 0.05) is 18.5 Å². The third-order valence-corrected chi connectivity index (χ3v) is 8.14. The Kier molecular flexibility index (Phi) is 11.6. The third kappa shape index (κ3) is 8.67. The van der Waals surface area contributed by atoms with Gasteiger partial charge in [-0.15, -0.1) is 0 Å². The molecule has 0 amide bonds. The second kappa shape index (κ2) is 15.6. The Morgan fingerprint density at radius 3 is 1.60 bits per heavy atom. The molecule has 0 unspecified atom stereocenters. The predicted molar refractivity (Wildman–Crippen MR) is 161 cm³/mol. The molecule has 2 aliphatic rings. The molecule has 3 aromatic rings. The van der Waals surface area contributed by atoms with Crippen molar-refractivity contribution in [2.45, 2.75) is 94.7 Å². The summed E-state index contributed by atoms with van der Waals surface area (Å²) in [7, 11) is 0. The average molecular weight is 544 g/mol. The quantitative estimate of drug-likeness (QED) is 0.183. The van der Waals surface area contributed by atoms with Crippen molar-refractivity contribution in [3.8, 4) is 5.75 Å². The number of aliphatic hydroxyl groups is 1. The molecule has 0 aromatic heterocycles. The number of hydrogen-bond acceptors (Lipinski definition) is 4. The summed E-state index contributed by atoms with van der Waals surface area (Å²) in [5.74, 6) is -0.183. The van der Waals surface area contributed by atoms with Crippen LogP contribution in [0.1, 0.15) is 93.7 Å². The van der Waals surface area contributed by atoms with E-state index >= 15 is 0 Å². The first-order valence-corrected chi connectivity index (χ1v) is 15.1. The highest BCUT2D eigenvalue weighted by atomic mass is 16.5. The molecule has 2 saturated carbocycles. The maximum Gasteiger partial charge on any atom is 0.303 e. The molecule has 5 nitrogen and oxygen atoms in total. The number of carbonyl (C=O) groups is 1. The minimum Gasteiger partial charge on any atom is -0.494 e. The van der Waals surface area contributed by atoms with Gasteiger partial charge < -0.3 is 20.3 Å². The number of ether oxygens (including phenoxy) is 1. The number of benzene rings is 3. The SMILES string of the molecule is C1CCC(NC2CCCCC2)CC1.O=C(O)CCCOc1ccc(C(O)(c2ccccc2)c2ccccc2)cc1. The van der Waals surface area contributed by atoms with Crippen LogP contribution in [0.2, 0.25) is 0 Å². The molecular weight excluding hydrogens is 498 g/mol. The van der Waals surface area contributed by atoms with Crippen LogP contribution in [-0.2, 0) is 10.4 Å². The van der Waals surface area contributed by atoms with E-state index in [4.69, 9.17) is 9.84 Å². The fraction of sp³-hybridized carbons (Fsp3) is 0.457. The maximum atomic E-state index is 11.7. The summed E-state index contributed by atoms with van der Waals surface area (Å²) in [5, 5.41) is 24.2. The normalized spacial score (nSPS) is 16.5. The lowest BCUT2D eigenvalue weighted by Gasteiger charge is -2.30. The van der Waals surface area contributed by atoms with E-state index < -0.39 is 11.6 Å². The Morgan fingerprint density at radius 1 is 0.700 bits per heavy atom. The van der Waals surface area contributed by atoms with Gasteiger partial charge in [-0.2, -0.15) is 0 Å². The monoisotopic (exact) mass is 543 g/mol. The van der Waals surface area contributed by atoms with Gasteiger partial charge >= 0.3 is 5.97 Å². The molecule has 5 heteroatoms. The summed E-state index contributed by atoms with van der Waals surface area (Å²) in [6, 6.07) is 28.1. The van der Waals surface area contributed by atoms with Gasteiger partial charge in [0.15, 0.2) is 0 Å². The van der Waals surface area contributed by atoms with Crippen LogP contribution in [0, 0.1) is 0 Å². The van der Waals surface area contributed by atoms with Crippen molar-refractivity contribution in [1.82, 2.24) is 5.32 Å². The minimum atomic E-state index is -1.27. The van der Waals surface area contributed by atoms with Crippen LogP contribution in [0.4, 0.5) is 0 Å². The fourth-order valence-corrected chi connectivity index (χ4v) is 5.94. The van der Waals surface area contributed by atoms with E-state index in [0.717, 1.165) is 28.8 Å². The van der Waals surface area contributed by atoms with Crippen LogP contribution in [0.25, 0.3) is 0 Å². The Hall–Kier alpha value is -3.15. The van der Waals surface area contributed by atoms with E-state index in [9.17, 15) is 9.90 Å². The summed E-state index contributed by atoms with van der Waals surface area (Å²) in [4.78, 5) is 10.6. The van der Waals surface area contributed by atoms with Crippen molar-refractivity contribution in [2.24, 2.45) is 0 Å². The van der Waals surface area contributed by atoms with Crippen molar-refractivity contribution in [2.75, 3.05) is 6.61 Å².